The third kappa shape index (κ3) is 6.52. The number of fused-ring (bicyclic) bond motifs is 1. The second kappa shape index (κ2) is 12.8. The summed E-state index contributed by atoms with van der Waals surface area (Å²) in [5.74, 6) is 0.884. The number of benzene rings is 3. The van der Waals surface area contributed by atoms with Gasteiger partial charge in [0.15, 0.2) is 0 Å². The minimum Gasteiger partial charge on any atom is -0.490 e. The third-order valence-electron chi connectivity index (χ3n) is 7.44. The number of anilines is 1. The van der Waals surface area contributed by atoms with Crippen molar-refractivity contribution in [3.8, 4) is 11.5 Å². The zero-order chi connectivity index (χ0) is 27.1. The van der Waals surface area contributed by atoms with Crippen molar-refractivity contribution in [2.24, 2.45) is 0 Å². The van der Waals surface area contributed by atoms with E-state index in [1.807, 2.05) is 54.6 Å². The molecule has 0 amide bonds. The van der Waals surface area contributed by atoms with Gasteiger partial charge in [-0.1, -0.05) is 48.5 Å². The number of rotatable bonds is 9. The number of hydrogen-bond donors (Lipinski definition) is 1. The molecule has 206 valence electrons. The lowest BCUT2D eigenvalue weighted by atomic mass is 9.95. The molecule has 8 heteroatoms. The Morgan fingerprint density at radius 2 is 1.74 bits per heavy atom. The standard InChI is InChI=1S/C31H36N2O5S/c1-36-30(35)31(15-8-16-32-17-19-33(20-18-32)25-11-6-3-7-12-25)29(34)23-38-27-14-13-26(21-28(27)39-31)37-22-24-9-4-2-5-10-24/h2-7,9-14,21,29,34H,8,15-20,22-23H2,1H3/t29-,31+/m0/s1. The van der Waals surface area contributed by atoms with E-state index in [0.29, 0.717) is 24.5 Å². The van der Waals surface area contributed by atoms with E-state index in [2.05, 4.69) is 34.1 Å². The van der Waals surface area contributed by atoms with Crippen LogP contribution in [-0.2, 0) is 16.1 Å². The highest BCUT2D eigenvalue weighted by Crippen LogP contribution is 2.47. The van der Waals surface area contributed by atoms with Crippen LogP contribution in [0.2, 0.25) is 0 Å². The van der Waals surface area contributed by atoms with Gasteiger partial charge in [-0.3, -0.25) is 9.69 Å². The van der Waals surface area contributed by atoms with Crippen molar-refractivity contribution in [2.75, 3.05) is 51.3 Å². The normalized spacial score (nSPS) is 21.4. The van der Waals surface area contributed by atoms with Gasteiger partial charge in [0.1, 0.15) is 35.6 Å². The lowest BCUT2D eigenvalue weighted by Crippen LogP contribution is -2.50. The summed E-state index contributed by atoms with van der Waals surface area (Å²) >= 11 is 1.33. The summed E-state index contributed by atoms with van der Waals surface area (Å²) in [5, 5.41) is 11.2. The minimum absolute atomic E-state index is 0.0229. The summed E-state index contributed by atoms with van der Waals surface area (Å²) in [7, 11) is 1.38. The molecule has 2 atom stereocenters. The summed E-state index contributed by atoms with van der Waals surface area (Å²) in [6, 6.07) is 26.0. The van der Waals surface area contributed by atoms with E-state index in [-0.39, 0.29) is 6.61 Å². The van der Waals surface area contributed by atoms with E-state index in [4.69, 9.17) is 14.2 Å². The minimum atomic E-state index is -1.16. The van der Waals surface area contributed by atoms with Crippen LogP contribution in [0.1, 0.15) is 18.4 Å². The van der Waals surface area contributed by atoms with E-state index in [9.17, 15) is 9.90 Å². The molecule has 3 aromatic carbocycles. The lowest BCUT2D eigenvalue weighted by Gasteiger charge is -2.37. The molecule has 1 N–H and O–H groups in total. The average molecular weight is 549 g/mol. The second-order valence-electron chi connectivity index (χ2n) is 9.96. The van der Waals surface area contributed by atoms with Crippen molar-refractivity contribution in [2.45, 2.75) is 35.2 Å². The molecule has 0 saturated carbocycles. The number of piperazine rings is 1. The van der Waals surface area contributed by atoms with Gasteiger partial charge in [-0.05, 0) is 55.3 Å². The van der Waals surface area contributed by atoms with Crippen LogP contribution in [0.15, 0.2) is 83.8 Å². The Balaban J connectivity index is 1.24. The van der Waals surface area contributed by atoms with E-state index >= 15 is 0 Å². The van der Waals surface area contributed by atoms with E-state index in [1.54, 1.807) is 0 Å². The number of carbonyl (C=O) groups excluding carboxylic acids is 1. The predicted molar refractivity (Wildman–Crippen MR) is 154 cm³/mol. The summed E-state index contributed by atoms with van der Waals surface area (Å²) in [6.07, 6.45) is 0.220. The maximum absolute atomic E-state index is 13.2. The Morgan fingerprint density at radius 1 is 1.03 bits per heavy atom. The predicted octanol–water partition coefficient (Wildman–Crippen LogP) is 4.63. The maximum atomic E-state index is 13.2. The molecule has 1 saturated heterocycles. The molecule has 2 aliphatic rings. The zero-order valence-corrected chi connectivity index (χ0v) is 23.1. The Kier molecular flexibility index (Phi) is 8.96. The van der Waals surface area contributed by atoms with Crippen molar-refractivity contribution >= 4 is 23.4 Å². The Hall–Kier alpha value is -3.20. The van der Waals surface area contributed by atoms with Gasteiger partial charge in [-0.25, -0.2) is 0 Å². The number of para-hydroxylation sites is 1. The van der Waals surface area contributed by atoms with Crippen LogP contribution in [0.25, 0.3) is 0 Å². The van der Waals surface area contributed by atoms with Crippen LogP contribution in [-0.4, -0.2) is 73.3 Å². The quantitative estimate of drug-likeness (QED) is 0.389. The number of ether oxygens (including phenoxy) is 3. The molecular formula is C31H36N2O5S. The smallest absolute Gasteiger partial charge is 0.325 e. The van der Waals surface area contributed by atoms with Crippen LogP contribution >= 0.6 is 11.8 Å². The molecule has 0 spiro atoms. The van der Waals surface area contributed by atoms with E-state index in [0.717, 1.165) is 49.6 Å². The number of thioether (sulfide) groups is 1. The molecule has 3 aromatic rings. The number of carbonyl (C=O) groups is 1. The lowest BCUT2D eigenvalue weighted by molar-refractivity contribution is -0.147. The van der Waals surface area contributed by atoms with Crippen molar-refractivity contribution < 1.29 is 24.1 Å². The number of esters is 1. The summed E-state index contributed by atoms with van der Waals surface area (Å²) in [5.41, 5.74) is 2.32. The number of nitrogens with zero attached hydrogens (tertiary/aromatic N) is 2. The number of methoxy groups -OCH3 is 1. The molecule has 0 radical (unpaired) electrons. The SMILES string of the molecule is COC(=O)[C@]1(CCCN2CCN(c3ccccc3)CC2)Sc2cc(OCc3ccccc3)ccc2OC[C@@H]1O. The van der Waals surface area contributed by atoms with Gasteiger partial charge in [-0.2, -0.15) is 0 Å². The van der Waals surface area contributed by atoms with Gasteiger partial charge in [-0.15, -0.1) is 11.8 Å². The fraction of sp³-hybridized carbons (Fsp3) is 0.387. The molecule has 1 fully saturated rings. The average Bonchev–Trinajstić information content (AvgIpc) is 3.13. The molecule has 5 rings (SSSR count). The summed E-state index contributed by atoms with van der Waals surface area (Å²) < 4.78 is 16.0. The van der Waals surface area contributed by atoms with Crippen molar-refractivity contribution in [3.05, 3.63) is 84.4 Å². The molecule has 0 aromatic heterocycles. The monoisotopic (exact) mass is 548 g/mol. The van der Waals surface area contributed by atoms with Crippen LogP contribution in [0.4, 0.5) is 5.69 Å². The van der Waals surface area contributed by atoms with Crippen LogP contribution < -0.4 is 14.4 Å². The van der Waals surface area contributed by atoms with Gasteiger partial charge in [0.05, 0.1) is 12.0 Å². The molecule has 0 aliphatic carbocycles. The molecule has 0 bridgehead atoms. The largest absolute Gasteiger partial charge is 0.490 e. The third-order valence-corrected chi connectivity index (χ3v) is 8.98. The van der Waals surface area contributed by atoms with Crippen molar-refractivity contribution in [3.63, 3.8) is 0 Å². The van der Waals surface area contributed by atoms with Crippen LogP contribution in [0.5, 0.6) is 11.5 Å². The number of aliphatic hydroxyl groups is 1. The van der Waals surface area contributed by atoms with E-state index < -0.39 is 16.8 Å². The highest BCUT2D eigenvalue weighted by atomic mass is 32.2. The van der Waals surface area contributed by atoms with Crippen LogP contribution in [0, 0.1) is 0 Å². The second-order valence-corrected chi connectivity index (χ2v) is 11.3. The molecule has 39 heavy (non-hydrogen) atoms. The highest BCUT2D eigenvalue weighted by Gasteiger charge is 2.49. The fourth-order valence-corrected chi connectivity index (χ4v) is 6.60. The first kappa shape index (κ1) is 27.4. The van der Waals surface area contributed by atoms with Crippen molar-refractivity contribution in [1.29, 1.82) is 0 Å². The molecule has 0 unspecified atom stereocenters. The van der Waals surface area contributed by atoms with E-state index in [1.165, 1.54) is 24.6 Å². The Morgan fingerprint density at radius 3 is 2.46 bits per heavy atom. The van der Waals surface area contributed by atoms with Gasteiger partial charge in [0.2, 0.25) is 0 Å². The van der Waals surface area contributed by atoms with Crippen LogP contribution in [0.3, 0.4) is 0 Å². The van der Waals surface area contributed by atoms with Gasteiger partial charge in [0.25, 0.3) is 0 Å². The highest BCUT2D eigenvalue weighted by molar-refractivity contribution is 8.01. The first-order valence-electron chi connectivity index (χ1n) is 13.5. The summed E-state index contributed by atoms with van der Waals surface area (Å²) in [4.78, 5) is 18.8. The van der Waals surface area contributed by atoms with Gasteiger partial charge >= 0.3 is 5.97 Å². The Bertz CT molecular complexity index is 1220. The first-order chi connectivity index (χ1) is 19.1. The van der Waals surface area contributed by atoms with Gasteiger partial charge < -0.3 is 24.2 Å². The molecular weight excluding hydrogens is 512 g/mol. The molecule has 7 nitrogen and oxygen atoms in total. The first-order valence-corrected chi connectivity index (χ1v) is 14.3. The number of hydrogen-bond acceptors (Lipinski definition) is 8. The number of aliphatic hydroxyl groups excluding tert-OH is 1. The summed E-state index contributed by atoms with van der Waals surface area (Å²) in [6.45, 7) is 5.17. The Labute approximate surface area is 234 Å². The molecule has 2 heterocycles. The maximum Gasteiger partial charge on any atom is 0.325 e. The topological polar surface area (TPSA) is 71.5 Å². The molecule has 2 aliphatic heterocycles. The van der Waals surface area contributed by atoms with Crippen molar-refractivity contribution in [1.82, 2.24) is 4.90 Å². The van der Waals surface area contributed by atoms with Gasteiger partial charge in [0, 0.05) is 31.9 Å². The fourth-order valence-electron chi connectivity index (χ4n) is 5.19. The zero-order valence-electron chi connectivity index (χ0n) is 22.3.